The lowest BCUT2D eigenvalue weighted by atomic mass is 10.2. The normalized spacial score (nSPS) is 10.2. The molecule has 19 heavy (non-hydrogen) atoms. The van der Waals surface area contributed by atoms with E-state index in [9.17, 15) is 4.79 Å². The van der Waals surface area contributed by atoms with E-state index in [-0.39, 0.29) is 17.9 Å². The fourth-order valence-corrected chi connectivity index (χ4v) is 1.51. The highest BCUT2D eigenvalue weighted by Crippen LogP contribution is 2.31. The smallest absolute Gasteiger partial charge is 0.339 e. The van der Waals surface area contributed by atoms with Crippen LogP contribution in [0, 0.1) is 6.92 Å². The number of nitrogens with zero attached hydrogens (tertiary/aromatic N) is 2. The van der Waals surface area contributed by atoms with E-state index in [1.807, 2.05) is 0 Å². The van der Waals surface area contributed by atoms with Crippen LogP contribution in [0.25, 0.3) is 0 Å². The van der Waals surface area contributed by atoms with Crippen LogP contribution < -0.4 is 9.47 Å². The number of aryl methyl sites for hydroxylation is 1. The largest absolute Gasteiger partial charge is 0.493 e. The minimum atomic E-state index is -1.09. The quantitative estimate of drug-likeness (QED) is 0.877. The third kappa shape index (κ3) is 2.65. The molecule has 1 aromatic heterocycles. The molecule has 0 unspecified atom stereocenters. The van der Waals surface area contributed by atoms with Crippen molar-refractivity contribution < 1.29 is 24.0 Å². The van der Waals surface area contributed by atoms with Gasteiger partial charge in [0.25, 0.3) is 0 Å². The molecular weight excluding hydrogens is 252 g/mol. The number of carboxylic acid groups (broad SMARTS) is 1. The second-order valence-corrected chi connectivity index (χ2v) is 3.73. The van der Waals surface area contributed by atoms with Crippen LogP contribution in [0.4, 0.5) is 0 Å². The molecule has 0 aliphatic heterocycles. The Bertz CT molecular complexity index is 594. The van der Waals surface area contributed by atoms with E-state index in [1.54, 1.807) is 19.1 Å². The Morgan fingerprint density at radius 2 is 2.21 bits per heavy atom. The lowest BCUT2D eigenvalue weighted by Crippen LogP contribution is -2.06. The summed E-state index contributed by atoms with van der Waals surface area (Å²) in [6.45, 7) is 1.77. The first-order valence-electron chi connectivity index (χ1n) is 5.44. The topological polar surface area (TPSA) is 94.7 Å². The predicted octanol–water partition coefficient (Wildman–Crippen LogP) is 1.66. The SMILES string of the molecule is COc1cccc(C(=O)O)c1OCc1nonc1C. The average Bonchev–Trinajstić information content (AvgIpc) is 2.81. The number of aromatic nitrogens is 2. The molecule has 0 saturated carbocycles. The summed E-state index contributed by atoms with van der Waals surface area (Å²) in [5.41, 5.74) is 1.11. The summed E-state index contributed by atoms with van der Waals surface area (Å²) in [4.78, 5) is 11.1. The molecule has 0 fully saturated rings. The highest BCUT2D eigenvalue weighted by molar-refractivity contribution is 5.92. The Hall–Kier alpha value is -2.57. The van der Waals surface area contributed by atoms with Gasteiger partial charge in [-0.15, -0.1) is 0 Å². The average molecular weight is 264 g/mol. The summed E-state index contributed by atoms with van der Waals surface area (Å²) < 4.78 is 15.1. The first kappa shape index (κ1) is 12.9. The minimum absolute atomic E-state index is 0.0217. The third-order valence-electron chi connectivity index (χ3n) is 2.53. The molecule has 2 aromatic rings. The molecule has 2 rings (SSSR count). The second kappa shape index (κ2) is 5.38. The standard InChI is InChI=1S/C12H12N2O5/c1-7-9(14-19-13-7)6-18-11-8(12(15)16)4-3-5-10(11)17-2/h3-5H,6H2,1-2H3,(H,15,16). The Labute approximate surface area is 108 Å². The van der Waals surface area contributed by atoms with E-state index >= 15 is 0 Å². The number of benzene rings is 1. The van der Waals surface area contributed by atoms with Crippen molar-refractivity contribution >= 4 is 5.97 Å². The van der Waals surface area contributed by atoms with Gasteiger partial charge in [-0.2, -0.15) is 0 Å². The first-order chi connectivity index (χ1) is 9.13. The van der Waals surface area contributed by atoms with Gasteiger partial charge in [-0.1, -0.05) is 16.4 Å². The zero-order valence-electron chi connectivity index (χ0n) is 10.4. The van der Waals surface area contributed by atoms with Crippen LogP contribution in [0.1, 0.15) is 21.7 Å². The molecule has 0 aliphatic rings. The lowest BCUT2D eigenvalue weighted by molar-refractivity contribution is 0.0690. The molecule has 7 heteroatoms. The number of carbonyl (C=O) groups is 1. The number of rotatable bonds is 5. The summed E-state index contributed by atoms with van der Waals surface area (Å²) in [7, 11) is 1.44. The van der Waals surface area contributed by atoms with E-state index < -0.39 is 5.97 Å². The molecule has 1 heterocycles. The fraction of sp³-hybridized carbons (Fsp3) is 0.250. The van der Waals surface area contributed by atoms with Crippen molar-refractivity contribution in [1.82, 2.24) is 10.3 Å². The molecular formula is C12H12N2O5. The van der Waals surface area contributed by atoms with Gasteiger partial charge in [0.2, 0.25) is 0 Å². The number of para-hydroxylation sites is 1. The molecule has 0 radical (unpaired) electrons. The van der Waals surface area contributed by atoms with Crippen molar-refractivity contribution in [3.63, 3.8) is 0 Å². The molecule has 0 amide bonds. The summed E-state index contributed by atoms with van der Waals surface area (Å²) in [5.74, 6) is -0.599. The number of hydrogen-bond donors (Lipinski definition) is 1. The van der Waals surface area contributed by atoms with E-state index in [4.69, 9.17) is 14.6 Å². The van der Waals surface area contributed by atoms with Crippen molar-refractivity contribution in [2.24, 2.45) is 0 Å². The zero-order chi connectivity index (χ0) is 13.8. The maximum Gasteiger partial charge on any atom is 0.339 e. The molecule has 0 bridgehead atoms. The van der Waals surface area contributed by atoms with E-state index in [1.165, 1.54) is 13.2 Å². The molecule has 0 atom stereocenters. The third-order valence-corrected chi connectivity index (χ3v) is 2.53. The molecule has 0 spiro atoms. The van der Waals surface area contributed by atoms with Crippen molar-refractivity contribution in [3.05, 3.63) is 35.2 Å². The maximum atomic E-state index is 11.1. The Balaban J connectivity index is 2.28. The van der Waals surface area contributed by atoms with Gasteiger partial charge in [0.1, 0.15) is 23.6 Å². The van der Waals surface area contributed by atoms with Crippen LogP contribution in [0.15, 0.2) is 22.8 Å². The Morgan fingerprint density at radius 1 is 1.42 bits per heavy atom. The fourth-order valence-electron chi connectivity index (χ4n) is 1.51. The second-order valence-electron chi connectivity index (χ2n) is 3.73. The van der Waals surface area contributed by atoms with Crippen LogP contribution in [0.5, 0.6) is 11.5 Å². The van der Waals surface area contributed by atoms with Crippen molar-refractivity contribution in [3.8, 4) is 11.5 Å². The van der Waals surface area contributed by atoms with Gasteiger partial charge >= 0.3 is 5.97 Å². The van der Waals surface area contributed by atoms with Gasteiger partial charge in [0, 0.05) is 0 Å². The number of hydrogen-bond acceptors (Lipinski definition) is 6. The molecule has 0 saturated heterocycles. The van der Waals surface area contributed by atoms with Crippen LogP contribution in [0.3, 0.4) is 0 Å². The summed E-state index contributed by atoms with van der Waals surface area (Å²) in [6.07, 6.45) is 0. The van der Waals surface area contributed by atoms with E-state index in [2.05, 4.69) is 14.9 Å². The number of carboxylic acids is 1. The monoisotopic (exact) mass is 264 g/mol. The molecule has 7 nitrogen and oxygen atoms in total. The van der Waals surface area contributed by atoms with Crippen LogP contribution in [-0.4, -0.2) is 28.5 Å². The van der Waals surface area contributed by atoms with Gasteiger partial charge in [-0.3, -0.25) is 0 Å². The van der Waals surface area contributed by atoms with Crippen LogP contribution in [-0.2, 0) is 6.61 Å². The van der Waals surface area contributed by atoms with E-state index in [0.29, 0.717) is 17.1 Å². The molecule has 1 aromatic carbocycles. The van der Waals surface area contributed by atoms with Crippen molar-refractivity contribution in [2.75, 3.05) is 7.11 Å². The highest BCUT2D eigenvalue weighted by Gasteiger charge is 2.17. The van der Waals surface area contributed by atoms with Crippen LogP contribution in [0.2, 0.25) is 0 Å². The van der Waals surface area contributed by atoms with Gasteiger partial charge in [-0.25, -0.2) is 9.42 Å². The van der Waals surface area contributed by atoms with E-state index in [0.717, 1.165) is 0 Å². The van der Waals surface area contributed by atoms with Gasteiger partial charge < -0.3 is 14.6 Å². The first-order valence-corrected chi connectivity index (χ1v) is 5.44. The van der Waals surface area contributed by atoms with Crippen molar-refractivity contribution in [1.29, 1.82) is 0 Å². The lowest BCUT2D eigenvalue weighted by Gasteiger charge is -2.12. The number of methoxy groups -OCH3 is 1. The van der Waals surface area contributed by atoms with Crippen molar-refractivity contribution in [2.45, 2.75) is 13.5 Å². The summed E-state index contributed by atoms with van der Waals surface area (Å²) in [6, 6.07) is 4.64. The predicted molar refractivity (Wildman–Crippen MR) is 63.3 cm³/mol. The van der Waals surface area contributed by atoms with Gasteiger partial charge in [0.05, 0.1) is 7.11 Å². The number of aromatic carboxylic acids is 1. The summed E-state index contributed by atoms with van der Waals surface area (Å²) in [5, 5.41) is 16.4. The van der Waals surface area contributed by atoms with Crippen LogP contribution >= 0.6 is 0 Å². The number of ether oxygens (including phenoxy) is 2. The molecule has 0 aliphatic carbocycles. The maximum absolute atomic E-state index is 11.1. The van der Waals surface area contributed by atoms with Gasteiger partial charge in [-0.05, 0) is 19.1 Å². The zero-order valence-corrected chi connectivity index (χ0v) is 10.4. The minimum Gasteiger partial charge on any atom is -0.493 e. The molecule has 1 N–H and O–H groups in total. The Kier molecular flexibility index (Phi) is 3.65. The molecule has 100 valence electrons. The summed E-state index contributed by atoms with van der Waals surface area (Å²) >= 11 is 0. The highest BCUT2D eigenvalue weighted by atomic mass is 16.6. The van der Waals surface area contributed by atoms with Gasteiger partial charge in [0.15, 0.2) is 11.5 Å². The Morgan fingerprint density at radius 3 is 2.79 bits per heavy atom.